The Hall–Kier alpha value is -1.89. The van der Waals surface area contributed by atoms with Crippen molar-refractivity contribution in [3.05, 3.63) is 61.3 Å². The summed E-state index contributed by atoms with van der Waals surface area (Å²) in [6.45, 7) is 0. The van der Waals surface area contributed by atoms with E-state index in [0.29, 0.717) is 0 Å². The van der Waals surface area contributed by atoms with Gasteiger partial charge in [0.05, 0.1) is 15.5 Å². The van der Waals surface area contributed by atoms with Gasteiger partial charge in [0, 0.05) is 17.3 Å². The second-order valence-electron chi connectivity index (χ2n) is 3.86. The summed E-state index contributed by atoms with van der Waals surface area (Å²) in [4.78, 5) is 26.1. The van der Waals surface area contributed by atoms with E-state index in [1.807, 2.05) is 0 Å². The Labute approximate surface area is 133 Å². The smallest absolute Gasteiger partial charge is 0.294 e. The average molecular weight is 347 g/mol. The summed E-state index contributed by atoms with van der Waals surface area (Å²) in [6, 6.07) is 5.15. The van der Waals surface area contributed by atoms with Gasteiger partial charge in [-0.3, -0.25) is 14.9 Å². The Morgan fingerprint density at radius 2 is 1.95 bits per heavy atom. The van der Waals surface area contributed by atoms with Gasteiger partial charge >= 0.3 is 0 Å². The van der Waals surface area contributed by atoms with E-state index in [-0.39, 0.29) is 32.1 Å². The molecule has 6 nitrogen and oxygen atoms in total. The van der Waals surface area contributed by atoms with Crippen molar-refractivity contribution in [1.29, 1.82) is 0 Å². The predicted molar refractivity (Wildman–Crippen MR) is 80.3 cm³/mol. The number of halogens is 3. The second kappa shape index (κ2) is 6.26. The number of nitrogens with one attached hydrogen (secondary N) is 1. The number of rotatable bonds is 3. The van der Waals surface area contributed by atoms with Crippen LogP contribution in [0.4, 0.5) is 11.4 Å². The average Bonchev–Trinajstić information content (AvgIpc) is 2.43. The van der Waals surface area contributed by atoms with E-state index in [1.54, 1.807) is 0 Å². The molecule has 1 heterocycles. The van der Waals surface area contributed by atoms with E-state index >= 15 is 0 Å². The van der Waals surface area contributed by atoms with Crippen molar-refractivity contribution in [2.75, 3.05) is 5.32 Å². The van der Waals surface area contributed by atoms with Crippen molar-refractivity contribution in [3.8, 4) is 0 Å². The van der Waals surface area contributed by atoms with Crippen molar-refractivity contribution >= 4 is 52.1 Å². The minimum Gasteiger partial charge on any atom is -0.316 e. The highest BCUT2D eigenvalue weighted by Crippen LogP contribution is 2.29. The fourth-order valence-electron chi connectivity index (χ4n) is 1.54. The summed E-state index contributed by atoms with van der Waals surface area (Å²) < 4.78 is 0. The number of hydrogen-bond donors (Lipinski definition) is 1. The minimum atomic E-state index is -0.650. The quantitative estimate of drug-likeness (QED) is 0.512. The van der Waals surface area contributed by atoms with Crippen molar-refractivity contribution in [3.63, 3.8) is 0 Å². The first-order chi connectivity index (χ1) is 9.88. The van der Waals surface area contributed by atoms with Crippen LogP contribution >= 0.6 is 34.8 Å². The summed E-state index contributed by atoms with van der Waals surface area (Å²) in [7, 11) is 0. The molecule has 0 saturated heterocycles. The molecule has 0 radical (unpaired) electrons. The number of carbonyl (C=O) groups is 1. The van der Waals surface area contributed by atoms with Crippen molar-refractivity contribution in [1.82, 2.24) is 4.98 Å². The lowest BCUT2D eigenvalue weighted by Crippen LogP contribution is -2.14. The maximum Gasteiger partial charge on any atom is 0.294 e. The number of hydrogen-bond acceptors (Lipinski definition) is 4. The molecular formula is C12H6Cl3N3O3. The third-order valence-electron chi connectivity index (χ3n) is 2.47. The van der Waals surface area contributed by atoms with Crippen LogP contribution in [-0.4, -0.2) is 15.8 Å². The number of nitro groups is 1. The van der Waals surface area contributed by atoms with Crippen LogP contribution in [0.1, 0.15) is 10.4 Å². The monoisotopic (exact) mass is 345 g/mol. The van der Waals surface area contributed by atoms with Gasteiger partial charge in [0.15, 0.2) is 0 Å². The molecule has 108 valence electrons. The van der Waals surface area contributed by atoms with Crippen LogP contribution in [0, 0.1) is 10.1 Å². The van der Waals surface area contributed by atoms with Gasteiger partial charge < -0.3 is 5.32 Å². The topological polar surface area (TPSA) is 85.1 Å². The molecule has 0 saturated carbocycles. The van der Waals surface area contributed by atoms with Crippen LogP contribution in [0.15, 0.2) is 30.5 Å². The molecule has 1 amide bonds. The Balaban J connectivity index is 2.36. The Kier molecular flexibility index (Phi) is 4.62. The predicted octanol–water partition coefficient (Wildman–Crippen LogP) is 4.20. The molecule has 0 aliphatic carbocycles. The first-order valence-corrected chi connectivity index (χ1v) is 6.58. The third kappa shape index (κ3) is 3.60. The number of anilines is 1. The summed E-state index contributed by atoms with van der Waals surface area (Å²) in [6.07, 6.45) is 1.22. The van der Waals surface area contributed by atoms with E-state index < -0.39 is 10.8 Å². The van der Waals surface area contributed by atoms with Crippen LogP contribution in [0.3, 0.4) is 0 Å². The van der Waals surface area contributed by atoms with Gasteiger partial charge in [-0.25, -0.2) is 4.98 Å². The summed E-state index contributed by atoms with van der Waals surface area (Å²) >= 11 is 17.2. The summed E-state index contributed by atoms with van der Waals surface area (Å²) in [5, 5.41) is 13.7. The molecule has 0 bridgehead atoms. The molecule has 0 unspecified atom stereocenters. The Bertz CT molecular complexity index is 737. The van der Waals surface area contributed by atoms with Crippen molar-refractivity contribution in [2.24, 2.45) is 0 Å². The normalized spacial score (nSPS) is 10.2. The molecule has 0 spiro atoms. The number of nitro benzene ring substituents is 1. The molecule has 1 aromatic heterocycles. The summed E-state index contributed by atoms with van der Waals surface area (Å²) in [5.74, 6) is -0.644. The van der Waals surface area contributed by atoms with Crippen LogP contribution in [-0.2, 0) is 0 Å². The van der Waals surface area contributed by atoms with Gasteiger partial charge in [0.2, 0.25) is 0 Å². The molecule has 0 fully saturated rings. The molecule has 2 aromatic rings. The molecular weight excluding hydrogens is 341 g/mol. The zero-order valence-electron chi connectivity index (χ0n) is 10.1. The van der Waals surface area contributed by atoms with E-state index in [9.17, 15) is 14.9 Å². The third-order valence-corrected chi connectivity index (χ3v) is 3.21. The van der Waals surface area contributed by atoms with Gasteiger partial charge in [-0.05, 0) is 18.2 Å². The lowest BCUT2D eigenvalue weighted by atomic mass is 10.2. The van der Waals surface area contributed by atoms with Gasteiger partial charge in [-0.1, -0.05) is 34.8 Å². The van der Waals surface area contributed by atoms with Crippen LogP contribution < -0.4 is 5.32 Å². The maximum atomic E-state index is 12.1. The van der Waals surface area contributed by atoms with Crippen LogP contribution in [0.25, 0.3) is 0 Å². The van der Waals surface area contributed by atoms with E-state index in [0.717, 1.165) is 6.07 Å². The lowest BCUT2D eigenvalue weighted by Gasteiger charge is -2.07. The van der Waals surface area contributed by atoms with Crippen LogP contribution in [0.2, 0.25) is 15.2 Å². The largest absolute Gasteiger partial charge is 0.316 e. The molecule has 1 N–H and O–H groups in total. The molecule has 9 heteroatoms. The first kappa shape index (κ1) is 15.5. The Morgan fingerprint density at radius 1 is 1.24 bits per heavy atom. The standard InChI is InChI=1S/C12H6Cl3N3O3/c13-6-1-2-9(10(3-6)18(20)21)17-12(19)7-4-11(15)16-5-8(7)14/h1-5H,(H,17,19). The number of pyridine rings is 1. The molecule has 0 aliphatic heterocycles. The van der Waals surface area contributed by atoms with E-state index in [2.05, 4.69) is 10.3 Å². The Morgan fingerprint density at radius 3 is 2.62 bits per heavy atom. The lowest BCUT2D eigenvalue weighted by molar-refractivity contribution is -0.383. The van der Waals surface area contributed by atoms with Crippen LogP contribution in [0.5, 0.6) is 0 Å². The highest BCUT2D eigenvalue weighted by Gasteiger charge is 2.19. The number of nitrogens with zero attached hydrogens (tertiary/aromatic N) is 2. The number of amides is 1. The zero-order chi connectivity index (χ0) is 15.6. The minimum absolute atomic E-state index is 0.00148. The summed E-state index contributed by atoms with van der Waals surface area (Å²) in [5.41, 5.74) is -0.272. The highest BCUT2D eigenvalue weighted by molar-refractivity contribution is 6.35. The maximum absolute atomic E-state index is 12.1. The van der Waals surface area contributed by atoms with Gasteiger partial charge in [-0.2, -0.15) is 0 Å². The number of carbonyl (C=O) groups excluding carboxylic acids is 1. The zero-order valence-corrected chi connectivity index (χ0v) is 12.4. The molecule has 1 aromatic carbocycles. The number of benzene rings is 1. The molecule has 0 atom stereocenters. The molecule has 0 aliphatic rings. The van der Waals surface area contributed by atoms with E-state index in [4.69, 9.17) is 34.8 Å². The SMILES string of the molecule is O=C(Nc1ccc(Cl)cc1[N+](=O)[O-])c1cc(Cl)ncc1Cl. The van der Waals surface area contributed by atoms with Crippen molar-refractivity contribution in [2.45, 2.75) is 0 Å². The number of aromatic nitrogens is 1. The first-order valence-electron chi connectivity index (χ1n) is 5.45. The van der Waals surface area contributed by atoms with Gasteiger partial charge in [0.25, 0.3) is 11.6 Å². The molecule has 2 rings (SSSR count). The second-order valence-corrected chi connectivity index (χ2v) is 5.09. The highest BCUT2D eigenvalue weighted by atomic mass is 35.5. The fourth-order valence-corrected chi connectivity index (χ4v) is 2.05. The molecule has 21 heavy (non-hydrogen) atoms. The fraction of sp³-hybridized carbons (Fsp3) is 0. The van der Waals surface area contributed by atoms with E-state index in [1.165, 1.54) is 24.4 Å². The van der Waals surface area contributed by atoms with Gasteiger partial charge in [-0.15, -0.1) is 0 Å². The van der Waals surface area contributed by atoms with Gasteiger partial charge in [0.1, 0.15) is 10.8 Å². The van der Waals surface area contributed by atoms with Crippen molar-refractivity contribution < 1.29 is 9.72 Å².